The van der Waals surface area contributed by atoms with E-state index in [4.69, 9.17) is 5.41 Å². The van der Waals surface area contributed by atoms with Crippen molar-refractivity contribution in [1.82, 2.24) is 15.6 Å². The summed E-state index contributed by atoms with van der Waals surface area (Å²) in [6, 6.07) is 2.96. The molecule has 0 aliphatic heterocycles. The first-order valence-electron chi connectivity index (χ1n) is 3.96. The second-order valence-electron chi connectivity index (χ2n) is 2.44. The lowest BCUT2D eigenvalue weighted by Gasteiger charge is -2.07. The van der Waals surface area contributed by atoms with Gasteiger partial charge in [0.25, 0.3) is 0 Å². The lowest BCUT2D eigenvalue weighted by atomic mass is 10.4. The Morgan fingerprint density at radius 1 is 1.43 bits per heavy atom. The molecule has 1 rings (SSSR count). The van der Waals surface area contributed by atoms with Crippen LogP contribution in [0.15, 0.2) is 24.5 Å². The van der Waals surface area contributed by atoms with Crippen LogP contribution >= 0.6 is 0 Å². The minimum Gasteiger partial charge on any atom is -0.341 e. The van der Waals surface area contributed by atoms with E-state index in [1.807, 2.05) is 0 Å². The highest BCUT2D eigenvalue weighted by atomic mass is 16.2. The van der Waals surface area contributed by atoms with Gasteiger partial charge in [0.1, 0.15) is 0 Å². The average molecular weight is 193 g/mol. The fourth-order valence-corrected chi connectivity index (χ4v) is 0.787. The fraction of sp³-hybridized carbons (Fsp3) is 0.125. The Labute approximate surface area is 81.2 Å². The van der Waals surface area contributed by atoms with Crippen LogP contribution in [0.2, 0.25) is 0 Å². The van der Waals surface area contributed by atoms with Crippen molar-refractivity contribution in [3.05, 3.63) is 24.5 Å². The number of pyridine rings is 1. The molecular weight excluding hydrogens is 182 g/mol. The van der Waals surface area contributed by atoms with Gasteiger partial charge in [0.05, 0.1) is 0 Å². The SMILES string of the molecule is CNC(=O)NC(=N)Nc1ccncc1. The zero-order valence-corrected chi connectivity index (χ0v) is 7.66. The third-order valence-electron chi connectivity index (χ3n) is 1.42. The van der Waals surface area contributed by atoms with Gasteiger partial charge < -0.3 is 10.6 Å². The molecule has 0 saturated carbocycles. The lowest BCUT2D eigenvalue weighted by molar-refractivity contribution is 0.247. The quantitative estimate of drug-likeness (QED) is 0.383. The van der Waals surface area contributed by atoms with E-state index in [0.29, 0.717) is 5.69 Å². The molecule has 6 heteroatoms. The van der Waals surface area contributed by atoms with Gasteiger partial charge >= 0.3 is 6.03 Å². The molecule has 0 saturated heterocycles. The van der Waals surface area contributed by atoms with Crippen molar-refractivity contribution < 1.29 is 4.79 Å². The summed E-state index contributed by atoms with van der Waals surface area (Å²) in [5.41, 5.74) is 0.696. The van der Waals surface area contributed by atoms with Crippen molar-refractivity contribution in [2.75, 3.05) is 12.4 Å². The molecular formula is C8H11N5O. The van der Waals surface area contributed by atoms with Crippen molar-refractivity contribution in [2.24, 2.45) is 0 Å². The summed E-state index contributed by atoms with van der Waals surface area (Å²) < 4.78 is 0. The molecule has 4 N–H and O–H groups in total. The highest BCUT2D eigenvalue weighted by molar-refractivity contribution is 6.01. The minimum atomic E-state index is -0.434. The second kappa shape index (κ2) is 4.80. The fourth-order valence-electron chi connectivity index (χ4n) is 0.787. The predicted octanol–water partition coefficient (Wildman–Crippen LogP) is 0.357. The molecule has 0 aliphatic carbocycles. The summed E-state index contributed by atoms with van der Waals surface area (Å²) in [6.45, 7) is 0. The maximum Gasteiger partial charge on any atom is 0.321 e. The molecule has 0 fully saturated rings. The first-order chi connectivity index (χ1) is 6.72. The van der Waals surface area contributed by atoms with Crippen LogP contribution in [0.1, 0.15) is 0 Å². The summed E-state index contributed by atoms with van der Waals surface area (Å²) in [5.74, 6) is -0.0875. The molecule has 0 radical (unpaired) electrons. The summed E-state index contributed by atoms with van der Waals surface area (Å²) >= 11 is 0. The Morgan fingerprint density at radius 3 is 2.64 bits per heavy atom. The monoisotopic (exact) mass is 193 g/mol. The number of carbonyl (C=O) groups is 1. The van der Waals surface area contributed by atoms with Gasteiger partial charge in [0, 0.05) is 25.1 Å². The Bertz CT molecular complexity index is 324. The number of hydrogen-bond donors (Lipinski definition) is 4. The van der Waals surface area contributed by atoms with Gasteiger partial charge in [-0.15, -0.1) is 0 Å². The topological polar surface area (TPSA) is 89.9 Å². The van der Waals surface area contributed by atoms with Gasteiger partial charge in [-0.1, -0.05) is 0 Å². The Kier molecular flexibility index (Phi) is 3.42. The van der Waals surface area contributed by atoms with Gasteiger partial charge in [-0.2, -0.15) is 0 Å². The molecule has 1 aromatic heterocycles. The molecule has 0 spiro atoms. The molecule has 0 aliphatic rings. The summed E-state index contributed by atoms with van der Waals surface area (Å²) in [5, 5.41) is 14.7. The number of nitrogens with zero attached hydrogens (tertiary/aromatic N) is 1. The van der Waals surface area contributed by atoms with Gasteiger partial charge in [-0.3, -0.25) is 15.7 Å². The van der Waals surface area contributed by atoms with Crippen LogP contribution in [0.5, 0.6) is 0 Å². The van der Waals surface area contributed by atoms with E-state index in [1.165, 1.54) is 7.05 Å². The second-order valence-corrected chi connectivity index (χ2v) is 2.44. The summed E-state index contributed by atoms with van der Waals surface area (Å²) in [7, 11) is 1.48. The van der Waals surface area contributed by atoms with Gasteiger partial charge in [0.2, 0.25) is 5.96 Å². The van der Waals surface area contributed by atoms with E-state index >= 15 is 0 Å². The van der Waals surface area contributed by atoms with Crippen molar-refractivity contribution in [3.8, 4) is 0 Å². The van der Waals surface area contributed by atoms with Crippen LogP contribution in [0.25, 0.3) is 0 Å². The van der Waals surface area contributed by atoms with Crippen LogP contribution in [0.3, 0.4) is 0 Å². The Hall–Kier alpha value is -2.11. The normalized spacial score (nSPS) is 8.93. The number of anilines is 1. The minimum absolute atomic E-state index is 0.0875. The highest BCUT2D eigenvalue weighted by Crippen LogP contribution is 2.01. The van der Waals surface area contributed by atoms with Crippen LogP contribution in [-0.4, -0.2) is 24.0 Å². The molecule has 2 amide bonds. The standard InChI is InChI=1S/C8H11N5O/c1-10-8(14)13-7(9)12-6-2-4-11-5-3-6/h2-5H,1H3,(H4,9,10,11,12,13,14). The molecule has 0 aromatic carbocycles. The molecule has 6 nitrogen and oxygen atoms in total. The van der Waals surface area contributed by atoms with Crippen molar-refractivity contribution in [3.63, 3.8) is 0 Å². The maximum atomic E-state index is 10.8. The molecule has 0 bridgehead atoms. The number of rotatable bonds is 1. The van der Waals surface area contributed by atoms with Crippen molar-refractivity contribution >= 4 is 17.7 Å². The Morgan fingerprint density at radius 2 is 2.07 bits per heavy atom. The van der Waals surface area contributed by atoms with Gasteiger partial charge in [-0.05, 0) is 12.1 Å². The number of amides is 2. The van der Waals surface area contributed by atoms with E-state index < -0.39 is 6.03 Å². The summed E-state index contributed by atoms with van der Waals surface area (Å²) in [4.78, 5) is 14.6. The zero-order valence-electron chi connectivity index (χ0n) is 7.66. The van der Waals surface area contributed by atoms with Crippen molar-refractivity contribution in [2.45, 2.75) is 0 Å². The number of guanidine groups is 1. The number of aromatic nitrogens is 1. The van der Waals surface area contributed by atoms with Crippen LogP contribution in [0, 0.1) is 5.41 Å². The number of hydrogen-bond acceptors (Lipinski definition) is 3. The van der Waals surface area contributed by atoms with Gasteiger partial charge in [-0.25, -0.2) is 4.79 Å². The van der Waals surface area contributed by atoms with E-state index in [9.17, 15) is 4.79 Å². The van der Waals surface area contributed by atoms with Crippen molar-refractivity contribution in [1.29, 1.82) is 5.41 Å². The van der Waals surface area contributed by atoms with Crippen LogP contribution in [0.4, 0.5) is 10.5 Å². The first-order valence-corrected chi connectivity index (χ1v) is 3.96. The number of carbonyl (C=O) groups excluding carboxylic acids is 1. The third kappa shape index (κ3) is 3.10. The molecule has 14 heavy (non-hydrogen) atoms. The van der Waals surface area contributed by atoms with E-state index in [-0.39, 0.29) is 5.96 Å². The third-order valence-corrected chi connectivity index (χ3v) is 1.42. The van der Waals surface area contributed by atoms with E-state index in [0.717, 1.165) is 0 Å². The predicted molar refractivity (Wildman–Crippen MR) is 53.2 cm³/mol. The molecule has 0 unspecified atom stereocenters. The molecule has 0 atom stereocenters. The van der Waals surface area contributed by atoms with Crippen LogP contribution < -0.4 is 16.0 Å². The molecule has 74 valence electrons. The first kappa shape index (κ1) is 9.97. The smallest absolute Gasteiger partial charge is 0.321 e. The average Bonchev–Trinajstić information content (AvgIpc) is 2.19. The highest BCUT2D eigenvalue weighted by Gasteiger charge is 2.00. The Balaban J connectivity index is 2.46. The summed E-state index contributed by atoms with van der Waals surface area (Å²) in [6.07, 6.45) is 3.19. The van der Waals surface area contributed by atoms with Gasteiger partial charge in [0.15, 0.2) is 0 Å². The molecule has 1 aromatic rings. The van der Waals surface area contributed by atoms with Crippen LogP contribution in [-0.2, 0) is 0 Å². The molecule has 1 heterocycles. The zero-order chi connectivity index (χ0) is 10.4. The lowest BCUT2D eigenvalue weighted by Crippen LogP contribution is -2.40. The number of urea groups is 1. The van der Waals surface area contributed by atoms with E-state index in [1.54, 1.807) is 24.5 Å². The van der Waals surface area contributed by atoms with E-state index in [2.05, 4.69) is 20.9 Å². The maximum absolute atomic E-state index is 10.8. The number of nitrogens with one attached hydrogen (secondary N) is 4. The largest absolute Gasteiger partial charge is 0.341 e.